The molecule has 2 aliphatic heterocycles. The predicted octanol–water partition coefficient (Wildman–Crippen LogP) is 3.46. The van der Waals surface area contributed by atoms with Gasteiger partial charge in [-0.25, -0.2) is 0 Å². The van der Waals surface area contributed by atoms with E-state index in [0.717, 1.165) is 42.7 Å². The van der Waals surface area contributed by atoms with Gasteiger partial charge in [-0.1, -0.05) is 24.6 Å². The Balaban J connectivity index is 1.72. The standard InChI is InChI=1S/C24H31N3O3/c1-29-21-14-18-16(10-13-27-11-6-3-7-12-27)24(28)26-23(19(18)15-22(21)30-2)17-8-4-5-9-20(17)25/h4-5,8-9,14-16,23H,3,6-7,10-13,25H2,1-2H3,(H,26,28). The van der Waals surface area contributed by atoms with Crippen LogP contribution in [0.1, 0.15) is 54.3 Å². The summed E-state index contributed by atoms with van der Waals surface area (Å²) in [6, 6.07) is 11.3. The molecule has 2 atom stereocenters. The van der Waals surface area contributed by atoms with E-state index in [2.05, 4.69) is 10.2 Å². The van der Waals surface area contributed by atoms with Crippen LogP contribution in [0.4, 0.5) is 5.69 Å². The number of rotatable bonds is 6. The minimum atomic E-state index is -0.306. The summed E-state index contributed by atoms with van der Waals surface area (Å²) in [5.74, 6) is 1.12. The number of nitrogen functional groups attached to an aromatic ring is 1. The van der Waals surface area contributed by atoms with E-state index in [1.54, 1.807) is 14.2 Å². The number of hydrogen-bond donors (Lipinski definition) is 2. The first kappa shape index (κ1) is 20.5. The smallest absolute Gasteiger partial charge is 0.228 e. The highest BCUT2D eigenvalue weighted by Gasteiger charge is 2.36. The topological polar surface area (TPSA) is 76.8 Å². The van der Waals surface area contributed by atoms with Crippen LogP contribution in [0.25, 0.3) is 0 Å². The van der Waals surface area contributed by atoms with Crippen LogP contribution in [-0.4, -0.2) is 44.7 Å². The lowest BCUT2D eigenvalue weighted by molar-refractivity contribution is -0.124. The quantitative estimate of drug-likeness (QED) is 0.715. The van der Waals surface area contributed by atoms with Crippen molar-refractivity contribution < 1.29 is 14.3 Å². The summed E-state index contributed by atoms with van der Waals surface area (Å²) in [4.78, 5) is 15.7. The van der Waals surface area contributed by atoms with Gasteiger partial charge in [0, 0.05) is 11.3 Å². The zero-order chi connectivity index (χ0) is 21.1. The lowest BCUT2D eigenvalue weighted by Crippen LogP contribution is -2.41. The maximum absolute atomic E-state index is 13.2. The first-order valence-electron chi connectivity index (χ1n) is 10.7. The number of anilines is 1. The largest absolute Gasteiger partial charge is 0.493 e. The normalized spacial score (nSPS) is 21.6. The number of fused-ring (bicyclic) bond motifs is 1. The van der Waals surface area contributed by atoms with Gasteiger partial charge < -0.3 is 25.4 Å². The van der Waals surface area contributed by atoms with Crippen LogP contribution in [0.2, 0.25) is 0 Å². The van der Waals surface area contributed by atoms with E-state index in [-0.39, 0.29) is 17.9 Å². The van der Waals surface area contributed by atoms with Crippen LogP contribution in [-0.2, 0) is 4.79 Å². The third-order valence-electron chi connectivity index (χ3n) is 6.37. The number of nitrogens with zero attached hydrogens (tertiary/aromatic N) is 1. The van der Waals surface area contributed by atoms with Gasteiger partial charge in [-0.2, -0.15) is 0 Å². The molecule has 0 radical (unpaired) electrons. The number of carbonyl (C=O) groups excluding carboxylic acids is 1. The van der Waals surface area contributed by atoms with Crippen molar-refractivity contribution in [2.45, 2.75) is 37.6 Å². The zero-order valence-corrected chi connectivity index (χ0v) is 17.8. The number of likely N-dealkylation sites (tertiary alicyclic amines) is 1. The van der Waals surface area contributed by atoms with E-state index >= 15 is 0 Å². The number of nitrogens with two attached hydrogens (primary N) is 1. The highest BCUT2D eigenvalue weighted by atomic mass is 16.5. The zero-order valence-electron chi connectivity index (χ0n) is 17.8. The third kappa shape index (κ3) is 3.97. The summed E-state index contributed by atoms with van der Waals surface area (Å²) in [5.41, 5.74) is 9.84. The van der Waals surface area contributed by atoms with Gasteiger partial charge in [0.05, 0.1) is 26.2 Å². The van der Waals surface area contributed by atoms with Crippen molar-refractivity contribution in [2.75, 3.05) is 39.6 Å². The SMILES string of the molecule is COc1cc2c(cc1OC)C(c1ccccc1N)NC(=O)C2CCN1CCCCC1. The molecule has 2 heterocycles. The van der Waals surface area contributed by atoms with Crippen LogP contribution in [0.5, 0.6) is 11.5 Å². The highest BCUT2D eigenvalue weighted by Crippen LogP contribution is 2.43. The number of amides is 1. The molecule has 160 valence electrons. The number of ether oxygens (including phenoxy) is 2. The van der Waals surface area contributed by atoms with Gasteiger partial charge >= 0.3 is 0 Å². The number of methoxy groups -OCH3 is 2. The van der Waals surface area contributed by atoms with Crippen molar-refractivity contribution in [1.29, 1.82) is 0 Å². The van der Waals surface area contributed by atoms with E-state index < -0.39 is 0 Å². The van der Waals surface area contributed by atoms with Crippen molar-refractivity contribution >= 4 is 11.6 Å². The Morgan fingerprint density at radius 2 is 1.67 bits per heavy atom. The number of hydrogen-bond acceptors (Lipinski definition) is 5. The van der Waals surface area contributed by atoms with Crippen molar-refractivity contribution in [1.82, 2.24) is 10.2 Å². The molecule has 3 N–H and O–H groups in total. The Hall–Kier alpha value is -2.73. The Kier molecular flexibility index (Phi) is 6.13. The molecule has 1 saturated heterocycles. The maximum atomic E-state index is 13.2. The molecule has 1 amide bonds. The van der Waals surface area contributed by atoms with Gasteiger partial charge in [-0.05, 0) is 68.2 Å². The van der Waals surface area contributed by atoms with Gasteiger partial charge in [0.2, 0.25) is 5.91 Å². The van der Waals surface area contributed by atoms with E-state index in [4.69, 9.17) is 15.2 Å². The molecule has 2 aromatic rings. The fourth-order valence-corrected chi connectivity index (χ4v) is 4.72. The lowest BCUT2D eigenvalue weighted by atomic mass is 9.81. The molecule has 2 aromatic carbocycles. The van der Waals surface area contributed by atoms with Crippen LogP contribution >= 0.6 is 0 Å². The molecule has 0 spiro atoms. The molecule has 0 aliphatic carbocycles. The van der Waals surface area contributed by atoms with E-state index in [9.17, 15) is 4.79 Å². The Labute approximate surface area is 178 Å². The van der Waals surface area contributed by atoms with Gasteiger partial charge in [-0.3, -0.25) is 4.79 Å². The van der Waals surface area contributed by atoms with E-state index in [0.29, 0.717) is 17.2 Å². The first-order chi connectivity index (χ1) is 14.6. The summed E-state index contributed by atoms with van der Waals surface area (Å²) < 4.78 is 11.1. The Morgan fingerprint density at radius 1 is 1.00 bits per heavy atom. The van der Waals surface area contributed by atoms with E-state index in [1.807, 2.05) is 36.4 Å². The second-order valence-corrected chi connectivity index (χ2v) is 8.15. The van der Waals surface area contributed by atoms with Crippen molar-refractivity contribution in [3.63, 3.8) is 0 Å². The summed E-state index contributed by atoms with van der Waals surface area (Å²) in [7, 11) is 3.26. The van der Waals surface area contributed by atoms with Crippen molar-refractivity contribution in [2.24, 2.45) is 0 Å². The lowest BCUT2D eigenvalue weighted by Gasteiger charge is -2.35. The number of piperidine rings is 1. The molecule has 2 unspecified atom stereocenters. The van der Waals surface area contributed by atoms with Gasteiger partial charge in [-0.15, -0.1) is 0 Å². The van der Waals surface area contributed by atoms with E-state index in [1.165, 1.54) is 19.3 Å². The second kappa shape index (κ2) is 8.96. The number of nitrogens with one attached hydrogen (secondary N) is 1. The van der Waals surface area contributed by atoms with Gasteiger partial charge in [0.1, 0.15) is 0 Å². The van der Waals surface area contributed by atoms with Crippen molar-refractivity contribution in [3.05, 3.63) is 53.1 Å². The van der Waals surface area contributed by atoms with Crippen LogP contribution in [0, 0.1) is 0 Å². The van der Waals surface area contributed by atoms with Gasteiger partial charge in [0.25, 0.3) is 0 Å². The summed E-state index contributed by atoms with van der Waals surface area (Å²) in [6.07, 6.45) is 4.58. The molecule has 4 rings (SSSR count). The number of benzene rings is 2. The minimum Gasteiger partial charge on any atom is -0.493 e. The first-order valence-corrected chi connectivity index (χ1v) is 10.7. The summed E-state index contributed by atoms with van der Waals surface area (Å²) in [6.45, 7) is 3.16. The fraction of sp³-hybridized carbons (Fsp3) is 0.458. The molecule has 1 fully saturated rings. The van der Waals surface area contributed by atoms with Gasteiger partial charge in [0.15, 0.2) is 11.5 Å². The summed E-state index contributed by atoms with van der Waals surface area (Å²) in [5, 5.41) is 3.22. The monoisotopic (exact) mass is 409 g/mol. The molecule has 0 bridgehead atoms. The average molecular weight is 410 g/mol. The predicted molar refractivity (Wildman–Crippen MR) is 118 cm³/mol. The molecular weight excluding hydrogens is 378 g/mol. The minimum absolute atomic E-state index is 0.0417. The second-order valence-electron chi connectivity index (χ2n) is 8.15. The molecule has 0 saturated carbocycles. The van der Waals surface area contributed by atoms with Crippen molar-refractivity contribution in [3.8, 4) is 11.5 Å². The average Bonchev–Trinajstić information content (AvgIpc) is 2.78. The maximum Gasteiger partial charge on any atom is 0.228 e. The molecule has 6 heteroatoms. The molecular formula is C24H31N3O3. The molecule has 2 aliphatic rings. The van der Waals surface area contributed by atoms with Crippen LogP contribution in [0.15, 0.2) is 36.4 Å². The Morgan fingerprint density at radius 3 is 2.33 bits per heavy atom. The number of para-hydroxylation sites is 1. The van der Waals surface area contributed by atoms with Crippen LogP contribution < -0.4 is 20.5 Å². The Bertz CT molecular complexity index is 909. The molecule has 30 heavy (non-hydrogen) atoms. The molecule has 0 aromatic heterocycles. The summed E-state index contributed by atoms with van der Waals surface area (Å²) >= 11 is 0. The fourth-order valence-electron chi connectivity index (χ4n) is 4.72. The highest BCUT2D eigenvalue weighted by molar-refractivity contribution is 5.88. The number of carbonyl (C=O) groups is 1. The van der Waals surface area contributed by atoms with Crippen LogP contribution in [0.3, 0.4) is 0 Å². The third-order valence-corrected chi connectivity index (χ3v) is 6.37. The molecule has 6 nitrogen and oxygen atoms in total.